The number of hydrogen-bond donors (Lipinski definition) is 0. The number of fused-ring (bicyclic) bond motifs is 10. The number of furan rings is 1. The van der Waals surface area contributed by atoms with E-state index in [1.165, 1.54) is 64.7 Å². The highest BCUT2D eigenvalue weighted by Gasteiger charge is 2.36. The average Bonchev–Trinajstić information content (AvgIpc) is 3.95. The Morgan fingerprint density at radius 2 is 0.917 bits per heavy atom. The summed E-state index contributed by atoms with van der Waals surface area (Å²) >= 11 is 1.94. The van der Waals surface area contributed by atoms with Crippen LogP contribution in [-0.4, -0.2) is 0 Å². The molecule has 12 rings (SSSR count). The molecule has 0 aliphatic heterocycles. The number of thiophene rings is 1. The maximum atomic E-state index is 6.43. The summed E-state index contributed by atoms with van der Waals surface area (Å²) in [5.41, 5.74) is 17.8. The molecule has 1 aliphatic rings. The fourth-order valence-electron chi connectivity index (χ4n) is 9.70. The second-order valence-electron chi connectivity index (χ2n) is 16.4. The predicted molar refractivity (Wildman–Crippen MR) is 255 cm³/mol. The molecule has 0 bridgehead atoms. The fraction of sp³-hybridized carbons (Fsp3) is 0.0526. The Labute approximate surface area is 353 Å². The Morgan fingerprint density at radius 3 is 1.65 bits per heavy atom. The van der Waals surface area contributed by atoms with Gasteiger partial charge in [-0.25, -0.2) is 0 Å². The quantitative estimate of drug-likeness (QED) is 0.167. The number of para-hydroxylation sites is 2. The Bertz CT molecular complexity index is 3430. The molecule has 2 nitrogen and oxygen atoms in total. The first-order valence-corrected chi connectivity index (χ1v) is 21.5. The molecule has 2 aromatic heterocycles. The van der Waals surface area contributed by atoms with E-state index in [-0.39, 0.29) is 5.41 Å². The van der Waals surface area contributed by atoms with Crippen LogP contribution in [0.5, 0.6) is 0 Å². The van der Waals surface area contributed by atoms with Gasteiger partial charge in [0.05, 0.1) is 0 Å². The summed E-state index contributed by atoms with van der Waals surface area (Å²) in [5, 5.41) is 4.93. The summed E-state index contributed by atoms with van der Waals surface area (Å²) in [5.74, 6) is 0. The van der Waals surface area contributed by atoms with Crippen LogP contribution in [0.2, 0.25) is 0 Å². The van der Waals surface area contributed by atoms with Gasteiger partial charge in [0, 0.05) is 64.5 Å². The zero-order chi connectivity index (χ0) is 40.0. The van der Waals surface area contributed by atoms with Gasteiger partial charge in [0.15, 0.2) is 0 Å². The number of nitrogens with zero attached hydrogens (tertiary/aromatic N) is 1. The maximum absolute atomic E-state index is 6.43. The molecule has 284 valence electrons. The van der Waals surface area contributed by atoms with E-state index in [9.17, 15) is 0 Å². The second-order valence-corrected chi connectivity index (χ2v) is 17.5. The van der Waals surface area contributed by atoms with E-state index in [4.69, 9.17) is 4.42 Å². The van der Waals surface area contributed by atoms with Gasteiger partial charge in [0.2, 0.25) is 0 Å². The Balaban J connectivity index is 0.950. The van der Waals surface area contributed by atoms with Crippen molar-refractivity contribution < 1.29 is 4.42 Å². The third-order valence-corrected chi connectivity index (χ3v) is 14.0. The highest BCUT2D eigenvalue weighted by Crippen LogP contribution is 2.54. The highest BCUT2D eigenvalue weighted by molar-refractivity contribution is 7.27. The second kappa shape index (κ2) is 13.4. The van der Waals surface area contributed by atoms with Crippen molar-refractivity contribution in [2.45, 2.75) is 19.3 Å². The van der Waals surface area contributed by atoms with E-state index >= 15 is 0 Å². The molecule has 9 aromatic carbocycles. The fourth-order valence-corrected chi connectivity index (χ4v) is 11.1. The van der Waals surface area contributed by atoms with Crippen LogP contribution in [0.1, 0.15) is 25.0 Å². The first-order chi connectivity index (χ1) is 29.5. The molecule has 0 amide bonds. The summed E-state index contributed by atoms with van der Waals surface area (Å²) in [7, 11) is 0. The minimum absolute atomic E-state index is 0.0222. The molecule has 0 atom stereocenters. The smallest absolute Gasteiger partial charge is 0.143 e. The lowest BCUT2D eigenvalue weighted by Crippen LogP contribution is -2.14. The molecular weight excluding hydrogens is 747 g/mol. The molecule has 0 saturated carbocycles. The molecule has 11 aromatic rings. The zero-order valence-electron chi connectivity index (χ0n) is 33.3. The van der Waals surface area contributed by atoms with Crippen molar-refractivity contribution in [2.75, 3.05) is 4.90 Å². The van der Waals surface area contributed by atoms with E-state index in [0.717, 1.165) is 50.1 Å². The standard InChI is InChI=1S/C57H39NOS/c1-57(2)50-20-8-6-15-49(50)53-51(57)35-34-48-47-19-11-17-44(55(47)60-56(48)53)39-26-32-42(33-27-39)58(40-28-22-37(23-29-40)36-12-4-3-5-13-36)41-30-24-38(25-31-41)43-16-10-18-46-45-14-7-9-21-52(45)59-54(43)46/h3-35H,1-2H3. The van der Waals surface area contributed by atoms with Crippen molar-refractivity contribution in [2.24, 2.45) is 0 Å². The number of anilines is 3. The largest absolute Gasteiger partial charge is 0.455 e. The van der Waals surface area contributed by atoms with Crippen molar-refractivity contribution in [3.63, 3.8) is 0 Å². The van der Waals surface area contributed by atoms with Crippen LogP contribution in [0.15, 0.2) is 205 Å². The van der Waals surface area contributed by atoms with Crippen LogP contribution in [0.3, 0.4) is 0 Å². The summed E-state index contributed by atoms with van der Waals surface area (Å²) in [6, 6.07) is 72.7. The molecule has 1 aliphatic carbocycles. The minimum Gasteiger partial charge on any atom is -0.455 e. The van der Waals surface area contributed by atoms with Crippen LogP contribution in [0.25, 0.3) is 86.6 Å². The highest BCUT2D eigenvalue weighted by atomic mass is 32.1. The minimum atomic E-state index is -0.0222. The SMILES string of the molecule is CC1(C)c2ccccc2-c2c1ccc1c2sc2c(-c3ccc(N(c4ccc(-c5ccccc5)cc4)c4ccc(-c5cccc6c5oc5ccccc56)cc4)cc3)cccc21. The first kappa shape index (κ1) is 34.8. The third-order valence-electron chi connectivity index (χ3n) is 12.7. The van der Waals surface area contributed by atoms with Crippen molar-refractivity contribution in [3.8, 4) is 44.5 Å². The predicted octanol–water partition coefficient (Wildman–Crippen LogP) is 16.7. The molecular formula is C57H39NOS. The van der Waals surface area contributed by atoms with Crippen LogP contribution in [0, 0.1) is 0 Å². The maximum Gasteiger partial charge on any atom is 0.143 e. The third kappa shape index (κ3) is 5.33. The number of benzene rings is 9. The normalized spacial score (nSPS) is 13.0. The summed E-state index contributed by atoms with van der Waals surface area (Å²) in [6.07, 6.45) is 0. The van der Waals surface area contributed by atoms with E-state index in [1.807, 2.05) is 23.5 Å². The Hall–Kier alpha value is -7.20. The molecule has 60 heavy (non-hydrogen) atoms. The summed E-state index contributed by atoms with van der Waals surface area (Å²) < 4.78 is 9.14. The molecule has 2 heterocycles. The lowest BCUT2D eigenvalue weighted by Gasteiger charge is -2.26. The van der Waals surface area contributed by atoms with Crippen LogP contribution in [-0.2, 0) is 5.41 Å². The Kier molecular flexibility index (Phi) is 7.79. The van der Waals surface area contributed by atoms with Crippen molar-refractivity contribution in [1.29, 1.82) is 0 Å². The van der Waals surface area contributed by atoms with Gasteiger partial charge in [-0.15, -0.1) is 11.3 Å². The molecule has 3 heteroatoms. The van der Waals surface area contributed by atoms with E-state index in [2.05, 4.69) is 207 Å². The van der Waals surface area contributed by atoms with Gasteiger partial charge >= 0.3 is 0 Å². The van der Waals surface area contributed by atoms with Gasteiger partial charge < -0.3 is 9.32 Å². The van der Waals surface area contributed by atoms with Crippen molar-refractivity contribution in [3.05, 3.63) is 211 Å². The lowest BCUT2D eigenvalue weighted by molar-refractivity contribution is 0.661. The molecule has 0 spiro atoms. The topological polar surface area (TPSA) is 16.4 Å². The zero-order valence-corrected chi connectivity index (χ0v) is 34.1. The van der Waals surface area contributed by atoms with Crippen LogP contribution >= 0.6 is 11.3 Å². The van der Waals surface area contributed by atoms with Crippen LogP contribution in [0.4, 0.5) is 17.1 Å². The van der Waals surface area contributed by atoms with Gasteiger partial charge in [-0.3, -0.25) is 0 Å². The van der Waals surface area contributed by atoms with Gasteiger partial charge in [0.25, 0.3) is 0 Å². The van der Waals surface area contributed by atoms with Gasteiger partial charge in [-0.2, -0.15) is 0 Å². The van der Waals surface area contributed by atoms with Crippen molar-refractivity contribution >= 4 is 70.5 Å². The number of rotatable bonds is 6. The molecule has 0 N–H and O–H groups in total. The van der Waals surface area contributed by atoms with Crippen LogP contribution < -0.4 is 4.90 Å². The van der Waals surface area contributed by atoms with E-state index in [1.54, 1.807) is 0 Å². The van der Waals surface area contributed by atoms with E-state index in [0.29, 0.717) is 0 Å². The molecule has 0 radical (unpaired) electrons. The van der Waals surface area contributed by atoms with Gasteiger partial charge in [-0.1, -0.05) is 172 Å². The summed E-state index contributed by atoms with van der Waals surface area (Å²) in [6.45, 7) is 4.73. The monoisotopic (exact) mass is 785 g/mol. The lowest BCUT2D eigenvalue weighted by atomic mass is 9.82. The van der Waals surface area contributed by atoms with Gasteiger partial charge in [-0.05, 0) is 87.0 Å². The van der Waals surface area contributed by atoms with Gasteiger partial charge in [0.1, 0.15) is 11.2 Å². The molecule has 0 saturated heterocycles. The van der Waals surface area contributed by atoms with Crippen molar-refractivity contribution in [1.82, 2.24) is 0 Å². The number of hydrogen-bond acceptors (Lipinski definition) is 3. The average molecular weight is 786 g/mol. The molecule has 0 fully saturated rings. The first-order valence-electron chi connectivity index (χ1n) is 20.7. The Morgan fingerprint density at radius 1 is 0.383 bits per heavy atom. The summed E-state index contributed by atoms with van der Waals surface area (Å²) in [4.78, 5) is 2.35. The molecule has 0 unspecified atom stereocenters. The van der Waals surface area contributed by atoms with E-state index < -0.39 is 0 Å².